The smallest absolute Gasteiger partial charge is 0.417 e. The molecule has 13 nitrogen and oxygen atoms in total. The molecule has 0 bridgehead atoms. The first-order chi connectivity index (χ1) is 21.7. The van der Waals surface area contributed by atoms with Crippen molar-refractivity contribution in [3.05, 3.63) is 72.3 Å². The van der Waals surface area contributed by atoms with E-state index in [0.29, 0.717) is 17.9 Å². The molecule has 0 aliphatic carbocycles. The lowest BCUT2D eigenvalue weighted by molar-refractivity contribution is -0.177. The fourth-order valence-corrected chi connectivity index (χ4v) is 3.68. The maximum Gasteiger partial charge on any atom is 0.417 e. The summed E-state index contributed by atoms with van der Waals surface area (Å²) >= 11 is 0. The van der Waals surface area contributed by atoms with Gasteiger partial charge < -0.3 is 33.2 Å². The zero-order valence-electron chi connectivity index (χ0n) is 26.3. The maximum absolute atomic E-state index is 12.3. The Hall–Kier alpha value is -5.46. The summed E-state index contributed by atoms with van der Waals surface area (Å²) in [5, 5.41) is 0. The first kappa shape index (κ1) is 36.7. The van der Waals surface area contributed by atoms with Crippen molar-refractivity contribution in [3.63, 3.8) is 0 Å². The van der Waals surface area contributed by atoms with Crippen molar-refractivity contribution in [2.45, 2.75) is 27.2 Å². The van der Waals surface area contributed by atoms with Crippen LogP contribution in [0.4, 0.5) is 0 Å². The molecule has 0 spiro atoms. The minimum Gasteiger partial charge on any atom is -0.493 e. The van der Waals surface area contributed by atoms with Crippen LogP contribution in [0.2, 0.25) is 0 Å². The van der Waals surface area contributed by atoms with Gasteiger partial charge in [0.2, 0.25) is 0 Å². The summed E-state index contributed by atoms with van der Waals surface area (Å²) in [7, 11) is 1.96. The molecular formula is C33H36O13. The van der Waals surface area contributed by atoms with Crippen LogP contribution in [-0.2, 0) is 58.9 Å². The third-order valence-electron chi connectivity index (χ3n) is 6.31. The molecule has 0 amide bonds. The highest BCUT2D eigenvalue weighted by atomic mass is 16.6. The first-order valence-corrected chi connectivity index (χ1v) is 13.8. The van der Waals surface area contributed by atoms with Crippen LogP contribution in [-0.4, -0.2) is 76.5 Å². The summed E-state index contributed by atoms with van der Waals surface area (Å²) in [6.45, 7) is 9.75. The molecule has 0 saturated carbocycles. The Kier molecular flexibility index (Phi) is 13.7. The summed E-state index contributed by atoms with van der Waals surface area (Å²) in [6.07, 6.45) is 0.591. The SMILES string of the molecule is C=C(C)C(=O)OCC(COC(=O)C(=O)OC)(COC(=O)C(=O)OC)COc1ccc(-c2ccc(OC(=O)C(=C)C)cc2)c(CC)c1. The molecule has 246 valence electrons. The van der Waals surface area contributed by atoms with Crippen LogP contribution in [0.1, 0.15) is 26.3 Å². The van der Waals surface area contributed by atoms with Gasteiger partial charge in [-0.15, -0.1) is 0 Å². The zero-order chi connectivity index (χ0) is 34.4. The predicted octanol–water partition coefficient (Wildman–Crippen LogP) is 3.31. The van der Waals surface area contributed by atoms with Crippen molar-refractivity contribution in [1.29, 1.82) is 0 Å². The fourth-order valence-electron chi connectivity index (χ4n) is 3.68. The van der Waals surface area contributed by atoms with Gasteiger partial charge in [-0.05, 0) is 61.2 Å². The summed E-state index contributed by atoms with van der Waals surface area (Å²) in [6, 6.07) is 12.1. The van der Waals surface area contributed by atoms with Crippen LogP contribution in [0, 0.1) is 5.41 Å². The van der Waals surface area contributed by atoms with Gasteiger partial charge in [-0.3, -0.25) is 0 Å². The van der Waals surface area contributed by atoms with E-state index < -0.39 is 61.1 Å². The first-order valence-electron chi connectivity index (χ1n) is 13.8. The number of esters is 6. The van der Waals surface area contributed by atoms with Crippen LogP contribution in [0.5, 0.6) is 11.5 Å². The molecular weight excluding hydrogens is 604 g/mol. The van der Waals surface area contributed by atoms with Crippen molar-refractivity contribution >= 4 is 35.8 Å². The highest BCUT2D eigenvalue weighted by Crippen LogP contribution is 2.31. The van der Waals surface area contributed by atoms with Crippen molar-refractivity contribution in [2.24, 2.45) is 5.41 Å². The lowest BCUT2D eigenvalue weighted by Gasteiger charge is -2.31. The van der Waals surface area contributed by atoms with Crippen molar-refractivity contribution in [3.8, 4) is 22.6 Å². The van der Waals surface area contributed by atoms with Crippen LogP contribution in [0.25, 0.3) is 11.1 Å². The Morgan fingerprint density at radius 2 is 1.11 bits per heavy atom. The second-order valence-corrected chi connectivity index (χ2v) is 10.1. The molecule has 2 rings (SSSR count). The van der Waals surface area contributed by atoms with Gasteiger partial charge in [0.25, 0.3) is 0 Å². The molecule has 0 N–H and O–H groups in total. The lowest BCUT2D eigenvalue weighted by atomic mass is 9.92. The molecule has 0 unspecified atom stereocenters. The lowest BCUT2D eigenvalue weighted by Crippen LogP contribution is -2.45. The van der Waals surface area contributed by atoms with E-state index in [4.69, 9.17) is 23.7 Å². The van der Waals surface area contributed by atoms with Gasteiger partial charge in [-0.2, -0.15) is 0 Å². The number of hydrogen-bond donors (Lipinski definition) is 0. The number of carbonyl (C=O) groups is 6. The Morgan fingerprint density at radius 3 is 1.57 bits per heavy atom. The average Bonchev–Trinajstić information content (AvgIpc) is 3.06. The van der Waals surface area contributed by atoms with Crippen molar-refractivity contribution in [1.82, 2.24) is 0 Å². The second-order valence-electron chi connectivity index (χ2n) is 10.1. The maximum atomic E-state index is 12.3. The molecule has 2 aromatic rings. The van der Waals surface area contributed by atoms with Crippen LogP contribution >= 0.6 is 0 Å². The average molecular weight is 641 g/mol. The molecule has 13 heteroatoms. The van der Waals surface area contributed by atoms with Gasteiger partial charge in [0.1, 0.15) is 43.3 Å². The van der Waals surface area contributed by atoms with Crippen LogP contribution < -0.4 is 9.47 Å². The van der Waals surface area contributed by atoms with Gasteiger partial charge in [0, 0.05) is 11.1 Å². The fraction of sp³-hybridized carbons (Fsp3) is 0.333. The normalized spacial score (nSPS) is 10.5. The molecule has 46 heavy (non-hydrogen) atoms. The van der Waals surface area contributed by atoms with E-state index in [1.165, 1.54) is 6.92 Å². The molecule has 0 aromatic heterocycles. The zero-order valence-corrected chi connectivity index (χ0v) is 26.3. The number of rotatable bonds is 14. The van der Waals surface area contributed by atoms with E-state index in [1.807, 2.05) is 6.92 Å². The summed E-state index contributed by atoms with van der Waals surface area (Å²) in [5.74, 6) is -5.96. The second kappa shape index (κ2) is 17.1. The van der Waals surface area contributed by atoms with Gasteiger partial charge in [-0.25, -0.2) is 28.8 Å². The summed E-state index contributed by atoms with van der Waals surface area (Å²) < 4.78 is 35.5. The Bertz CT molecular complexity index is 1460. The van der Waals surface area contributed by atoms with E-state index >= 15 is 0 Å². The van der Waals surface area contributed by atoms with Gasteiger partial charge in [-0.1, -0.05) is 38.3 Å². The monoisotopic (exact) mass is 640 g/mol. The van der Waals surface area contributed by atoms with E-state index in [1.54, 1.807) is 49.4 Å². The highest BCUT2D eigenvalue weighted by Gasteiger charge is 2.39. The highest BCUT2D eigenvalue weighted by molar-refractivity contribution is 6.30. The number of hydrogen-bond acceptors (Lipinski definition) is 13. The number of aryl methyl sites for hydroxylation is 1. The number of carbonyl (C=O) groups excluding carboxylic acids is 6. The molecule has 0 heterocycles. The standard InChI is InChI=1S/C33H36O13/c1-8-22-15-25(13-14-26(22)23-9-11-24(12-10-23)46-28(35)21(4)5)42-16-33(17-43-27(34)20(2)3,18-44-31(38)29(36)40-6)19-45-32(39)30(37)41-7/h9-15H,2,4,8,16-19H2,1,3,5-7H3. The van der Waals surface area contributed by atoms with Gasteiger partial charge in [0.15, 0.2) is 0 Å². The number of ether oxygens (including phenoxy) is 7. The molecule has 0 saturated heterocycles. The largest absolute Gasteiger partial charge is 0.493 e. The topological polar surface area (TPSA) is 167 Å². The third kappa shape index (κ3) is 10.6. The summed E-state index contributed by atoms with van der Waals surface area (Å²) in [4.78, 5) is 71.7. The quantitative estimate of drug-likeness (QED) is 0.0971. The molecule has 2 aromatic carbocycles. The van der Waals surface area contributed by atoms with Crippen LogP contribution in [0.3, 0.4) is 0 Å². The molecule has 0 fully saturated rings. The van der Waals surface area contributed by atoms with E-state index in [2.05, 4.69) is 22.6 Å². The van der Waals surface area contributed by atoms with Gasteiger partial charge in [0.05, 0.1) is 14.2 Å². The Labute approximate surface area is 266 Å². The molecule has 0 atom stereocenters. The predicted molar refractivity (Wildman–Crippen MR) is 161 cm³/mol. The minimum atomic E-state index is -1.61. The van der Waals surface area contributed by atoms with Crippen molar-refractivity contribution < 1.29 is 61.9 Å². The molecule has 0 aliphatic rings. The summed E-state index contributed by atoms with van der Waals surface area (Å²) in [5.41, 5.74) is 1.29. The molecule has 0 aliphatic heterocycles. The number of benzene rings is 2. The van der Waals surface area contributed by atoms with Gasteiger partial charge >= 0.3 is 35.8 Å². The van der Waals surface area contributed by atoms with E-state index in [9.17, 15) is 28.8 Å². The number of methoxy groups -OCH3 is 2. The third-order valence-corrected chi connectivity index (χ3v) is 6.31. The Morgan fingerprint density at radius 1 is 0.630 bits per heavy atom. The van der Waals surface area contributed by atoms with E-state index in [0.717, 1.165) is 30.9 Å². The van der Waals surface area contributed by atoms with Crippen molar-refractivity contribution in [2.75, 3.05) is 40.6 Å². The van der Waals surface area contributed by atoms with E-state index in [-0.39, 0.29) is 17.8 Å². The Balaban J connectivity index is 2.39. The minimum absolute atomic E-state index is 0.0538. The molecule has 0 radical (unpaired) electrons. The van der Waals surface area contributed by atoms with Crippen LogP contribution in [0.15, 0.2) is 66.8 Å².